The van der Waals surface area contributed by atoms with Crippen LogP contribution in [0.5, 0.6) is 0 Å². The van der Waals surface area contributed by atoms with Crippen LogP contribution in [0.3, 0.4) is 0 Å². The number of nitrogens with zero attached hydrogens (tertiary/aromatic N) is 2. The number of fused-ring (bicyclic) bond motifs is 1. The first-order valence-electron chi connectivity index (χ1n) is 5.64. The smallest absolute Gasteiger partial charge is 0.252 e. The Bertz CT molecular complexity index is 601. The zero-order valence-corrected chi connectivity index (χ0v) is 9.94. The average molecular weight is 250 g/mol. The van der Waals surface area contributed by atoms with Gasteiger partial charge in [0.05, 0.1) is 5.56 Å². The van der Waals surface area contributed by atoms with E-state index in [0.717, 1.165) is 23.9 Å². The van der Waals surface area contributed by atoms with Crippen molar-refractivity contribution in [2.24, 2.45) is 5.73 Å². The number of amides is 1. The molecule has 0 unspecified atom stereocenters. The lowest BCUT2D eigenvalue weighted by Gasteiger charge is -2.28. The maximum Gasteiger partial charge on any atom is 0.252 e. The molecule has 1 saturated carbocycles. The predicted molar refractivity (Wildman–Crippen MR) is 66.1 cm³/mol. The van der Waals surface area contributed by atoms with E-state index in [0.29, 0.717) is 16.8 Å². The summed E-state index contributed by atoms with van der Waals surface area (Å²) in [6, 6.07) is 3.98. The zero-order valence-electron chi connectivity index (χ0n) is 9.19. The van der Waals surface area contributed by atoms with E-state index in [1.807, 2.05) is 10.6 Å². The number of carbonyl (C=O) groups excluding carboxylic acids is 1. The summed E-state index contributed by atoms with van der Waals surface area (Å²) in [6.07, 6.45) is 5.06. The van der Waals surface area contributed by atoms with Gasteiger partial charge in [0.1, 0.15) is 10.8 Å². The molecule has 0 spiro atoms. The van der Waals surface area contributed by atoms with Gasteiger partial charge in [-0.15, -0.1) is 0 Å². The van der Waals surface area contributed by atoms with Gasteiger partial charge in [-0.2, -0.15) is 0 Å². The minimum atomic E-state index is -0.494. The van der Waals surface area contributed by atoms with E-state index in [1.54, 1.807) is 12.3 Å². The number of nitrogens with two attached hydrogens (primary N) is 1. The lowest BCUT2D eigenvalue weighted by Crippen LogP contribution is -2.18. The molecule has 1 aliphatic carbocycles. The average Bonchev–Trinajstić information content (AvgIpc) is 2.50. The minimum absolute atomic E-state index is 0.355. The van der Waals surface area contributed by atoms with E-state index in [-0.39, 0.29) is 0 Å². The van der Waals surface area contributed by atoms with E-state index in [1.165, 1.54) is 6.42 Å². The first-order chi connectivity index (χ1) is 8.20. The van der Waals surface area contributed by atoms with E-state index in [4.69, 9.17) is 17.3 Å². The molecule has 3 rings (SSSR count). The zero-order chi connectivity index (χ0) is 12.0. The molecule has 1 amide bonds. The molecule has 2 aromatic rings. The monoisotopic (exact) mass is 249 g/mol. The summed E-state index contributed by atoms with van der Waals surface area (Å²) in [4.78, 5) is 15.8. The van der Waals surface area contributed by atoms with Gasteiger partial charge in [-0.1, -0.05) is 11.6 Å². The summed E-state index contributed by atoms with van der Waals surface area (Å²) in [5.41, 5.74) is 6.54. The van der Waals surface area contributed by atoms with E-state index < -0.39 is 5.91 Å². The Morgan fingerprint density at radius 3 is 2.88 bits per heavy atom. The number of primary amides is 1. The Hall–Kier alpha value is -1.55. The molecular formula is C12H12ClN3O. The number of aromatic nitrogens is 2. The molecule has 2 N–H and O–H groups in total. The van der Waals surface area contributed by atoms with Crippen molar-refractivity contribution in [3.63, 3.8) is 0 Å². The fourth-order valence-corrected chi connectivity index (χ4v) is 2.73. The third-order valence-electron chi connectivity index (χ3n) is 3.39. The molecule has 2 aromatic heterocycles. The molecule has 0 aromatic carbocycles. The van der Waals surface area contributed by atoms with Crippen LogP contribution in [-0.4, -0.2) is 15.5 Å². The van der Waals surface area contributed by atoms with Gasteiger partial charge in [0.25, 0.3) is 5.91 Å². The van der Waals surface area contributed by atoms with Crippen LogP contribution in [0.4, 0.5) is 0 Å². The van der Waals surface area contributed by atoms with Gasteiger partial charge in [-0.3, -0.25) is 4.79 Å². The highest BCUT2D eigenvalue weighted by atomic mass is 35.5. The van der Waals surface area contributed by atoms with Crippen molar-refractivity contribution >= 4 is 28.5 Å². The number of pyridine rings is 1. The number of halogens is 1. The van der Waals surface area contributed by atoms with Gasteiger partial charge in [-0.05, 0) is 31.4 Å². The molecular weight excluding hydrogens is 238 g/mol. The summed E-state index contributed by atoms with van der Waals surface area (Å²) < 4.78 is 1.94. The van der Waals surface area contributed by atoms with Crippen molar-refractivity contribution in [1.29, 1.82) is 0 Å². The van der Waals surface area contributed by atoms with Gasteiger partial charge in [-0.25, -0.2) is 4.98 Å². The fraction of sp³-hybridized carbons (Fsp3) is 0.333. The second-order valence-corrected chi connectivity index (χ2v) is 4.72. The van der Waals surface area contributed by atoms with Crippen molar-refractivity contribution in [2.75, 3.05) is 0 Å². The van der Waals surface area contributed by atoms with Crippen LogP contribution >= 0.6 is 11.6 Å². The first kappa shape index (κ1) is 10.6. The summed E-state index contributed by atoms with van der Waals surface area (Å²) >= 11 is 6.28. The van der Waals surface area contributed by atoms with E-state index in [2.05, 4.69) is 4.98 Å². The molecule has 0 aliphatic heterocycles. The summed E-state index contributed by atoms with van der Waals surface area (Å²) in [7, 11) is 0. The van der Waals surface area contributed by atoms with Gasteiger partial charge in [0.15, 0.2) is 0 Å². The highest BCUT2D eigenvalue weighted by Crippen LogP contribution is 2.39. The van der Waals surface area contributed by atoms with Crippen molar-refractivity contribution in [2.45, 2.75) is 25.3 Å². The van der Waals surface area contributed by atoms with Crippen LogP contribution < -0.4 is 5.73 Å². The molecule has 0 bridgehead atoms. The number of hydrogen-bond acceptors (Lipinski definition) is 2. The SMILES string of the molecule is NC(=O)c1c(Cl)n(C2CCC2)c2ncccc12. The maximum absolute atomic E-state index is 11.5. The lowest BCUT2D eigenvalue weighted by molar-refractivity contribution is 0.100. The second kappa shape index (κ2) is 3.74. The summed E-state index contributed by atoms with van der Waals surface area (Å²) in [6.45, 7) is 0. The largest absolute Gasteiger partial charge is 0.365 e. The normalized spacial score (nSPS) is 16.1. The topological polar surface area (TPSA) is 60.9 Å². The van der Waals surface area contributed by atoms with E-state index in [9.17, 15) is 4.79 Å². The third-order valence-corrected chi connectivity index (χ3v) is 3.76. The number of carbonyl (C=O) groups is 1. The number of hydrogen-bond donors (Lipinski definition) is 1. The van der Waals surface area contributed by atoms with Gasteiger partial charge in [0, 0.05) is 17.6 Å². The molecule has 2 heterocycles. The Labute approximate surface area is 103 Å². The Morgan fingerprint density at radius 2 is 2.29 bits per heavy atom. The molecule has 1 fully saturated rings. The molecule has 17 heavy (non-hydrogen) atoms. The minimum Gasteiger partial charge on any atom is -0.365 e. The van der Waals surface area contributed by atoms with E-state index >= 15 is 0 Å². The molecule has 1 aliphatic rings. The molecule has 88 valence electrons. The molecule has 0 saturated heterocycles. The van der Waals surface area contributed by atoms with Gasteiger partial charge < -0.3 is 10.3 Å². The maximum atomic E-state index is 11.5. The van der Waals surface area contributed by atoms with Crippen LogP contribution in [0.2, 0.25) is 5.15 Å². The summed E-state index contributed by atoms with van der Waals surface area (Å²) in [5, 5.41) is 1.17. The molecule has 4 nitrogen and oxygen atoms in total. The van der Waals surface area contributed by atoms with Crippen LogP contribution in [0.25, 0.3) is 11.0 Å². The summed E-state index contributed by atoms with van der Waals surface area (Å²) in [5.74, 6) is -0.494. The fourth-order valence-electron chi connectivity index (χ4n) is 2.32. The van der Waals surface area contributed by atoms with Crippen LogP contribution in [0.1, 0.15) is 35.7 Å². The predicted octanol–water partition coefficient (Wildman–Crippen LogP) is 2.51. The molecule has 0 atom stereocenters. The Morgan fingerprint density at radius 1 is 1.53 bits per heavy atom. The van der Waals surface area contributed by atoms with Crippen molar-refractivity contribution in [3.8, 4) is 0 Å². The van der Waals surface area contributed by atoms with Crippen molar-refractivity contribution in [1.82, 2.24) is 9.55 Å². The molecule has 0 radical (unpaired) electrons. The highest BCUT2D eigenvalue weighted by molar-refractivity contribution is 6.35. The van der Waals surface area contributed by atoms with Crippen molar-refractivity contribution < 1.29 is 4.79 Å². The van der Waals surface area contributed by atoms with Gasteiger partial charge >= 0.3 is 0 Å². The Balaban J connectivity index is 2.33. The van der Waals surface area contributed by atoms with Crippen LogP contribution in [0, 0.1) is 0 Å². The molecule has 5 heteroatoms. The van der Waals surface area contributed by atoms with Crippen LogP contribution in [-0.2, 0) is 0 Å². The third kappa shape index (κ3) is 1.44. The van der Waals surface area contributed by atoms with Gasteiger partial charge in [0.2, 0.25) is 0 Å². The quantitative estimate of drug-likeness (QED) is 0.889. The second-order valence-electron chi connectivity index (χ2n) is 4.36. The first-order valence-corrected chi connectivity index (χ1v) is 6.02. The standard InChI is InChI=1S/C12H12ClN3O/c13-10-9(11(14)17)8-5-2-6-15-12(8)16(10)7-3-1-4-7/h2,5-7H,1,3-4H2,(H2,14,17). The highest BCUT2D eigenvalue weighted by Gasteiger charge is 2.28. The van der Waals surface area contributed by atoms with Crippen LogP contribution in [0.15, 0.2) is 18.3 Å². The lowest BCUT2D eigenvalue weighted by atomic mass is 9.93. The number of rotatable bonds is 2. The van der Waals surface area contributed by atoms with Crippen molar-refractivity contribution in [3.05, 3.63) is 29.0 Å². The Kier molecular flexibility index (Phi) is 2.33.